The number of aliphatic hydroxyl groups excluding tert-OH is 1. The number of phenolic OH excluding ortho intramolecular Hbond substituents is 1. The van der Waals surface area contributed by atoms with Gasteiger partial charge in [-0.1, -0.05) is 43.3 Å². The first-order valence-electron chi connectivity index (χ1n) is 8.39. The Morgan fingerprint density at radius 2 is 1.83 bits per heavy atom. The largest absolute Gasteiger partial charge is 0.508 e. The van der Waals surface area contributed by atoms with Gasteiger partial charge in [0.2, 0.25) is 0 Å². The number of aliphatic hydroxyl groups is 1. The molecule has 124 valence electrons. The van der Waals surface area contributed by atoms with Crippen LogP contribution in [0.15, 0.2) is 48.5 Å². The number of hydrogen-bond donors (Lipinski definition) is 3. The molecule has 3 heteroatoms. The van der Waals surface area contributed by atoms with Crippen molar-refractivity contribution in [3.8, 4) is 5.75 Å². The molecule has 3 N–H and O–H groups in total. The van der Waals surface area contributed by atoms with Gasteiger partial charge < -0.3 is 15.5 Å². The van der Waals surface area contributed by atoms with Crippen molar-refractivity contribution in [2.75, 3.05) is 6.54 Å². The summed E-state index contributed by atoms with van der Waals surface area (Å²) in [4.78, 5) is 0. The van der Waals surface area contributed by atoms with Crippen LogP contribution in [-0.2, 0) is 12.8 Å². The molecule has 23 heavy (non-hydrogen) atoms. The second-order valence-electron chi connectivity index (χ2n) is 6.02. The Labute approximate surface area is 139 Å². The second-order valence-corrected chi connectivity index (χ2v) is 6.02. The Hall–Kier alpha value is -1.84. The van der Waals surface area contributed by atoms with E-state index in [-0.39, 0.29) is 6.04 Å². The molecule has 0 bridgehead atoms. The third-order valence-corrected chi connectivity index (χ3v) is 4.25. The van der Waals surface area contributed by atoms with Crippen molar-refractivity contribution in [2.45, 2.75) is 45.3 Å². The molecule has 2 rings (SSSR count). The van der Waals surface area contributed by atoms with Gasteiger partial charge in [0.1, 0.15) is 5.75 Å². The molecule has 0 fully saturated rings. The van der Waals surface area contributed by atoms with E-state index >= 15 is 0 Å². The third-order valence-electron chi connectivity index (χ3n) is 4.25. The number of phenols is 1. The lowest BCUT2D eigenvalue weighted by atomic mass is 9.99. The van der Waals surface area contributed by atoms with Gasteiger partial charge in [0.05, 0.1) is 6.10 Å². The third kappa shape index (κ3) is 5.08. The molecule has 0 saturated heterocycles. The number of aryl methyl sites for hydroxylation is 2. The average Bonchev–Trinajstić information content (AvgIpc) is 2.59. The number of hydrogen-bond acceptors (Lipinski definition) is 3. The van der Waals surface area contributed by atoms with Gasteiger partial charge >= 0.3 is 0 Å². The zero-order valence-corrected chi connectivity index (χ0v) is 14.0. The molecule has 2 atom stereocenters. The van der Waals surface area contributed by atoms with Crippen molar-refractivity contribution in [3.63, 3.8) is 0 Å². The fraction of sp³-hybridized carbons (Fsp3) is 0.400. The molecule has 2 aromatic carbocycles. The maximum absolute atomic E-state index is 10.5. The van der Waals surface area contributed by atoms with Crippen LogP contribution in [-0.4, -0.2) is 22.8 Å². The van der Waals surface area contributed by atoms with Crippen LogP contribution in [0.3, 0.4) is 0 Å². The lowest BCUT2D eigenvalue weighted by molar-refractivity contribution is 0.136. The highest BCUT2D eigenvalue weighted by Crippen LogP contribution is 2.24. The molecule has 0 aliphatic heterocycles. The zero-order chi connectivity index (χ0) is 16.7. The van der Waals surface area contributed by atoms with Crippen LogP contribution in [0, 0.1) is 0 Å². The Morgan fingerprint density at radius 3 is 2.52 bits per heavy atom. The summed E-state index contributed by atoms with van der Waals surface area (Å²) in [5.41, 5.74) is 3.06. The van der Waals surface area contributed by atoms with Gasteiger partial charge in [0.25, 0.3) is 0 Å². The van der Waals surface area contributed by atoms with E-state index in [0.29, 0.717) is 5.75 Å². The summed E-state index contributed by atoms with van der Waals surface area (Å²) < 4.78 is 0. The lowest BCUT2D eigenvalue weighted by Crippen LogP contribution is -2.33. The number of rotatable bonds is 8. The highest BCUT2D eigenvalue weighted by Gasteiger charge is 2.16. The molecule has 3 nitrogen and oxygen atoms in total. The monoisotopic (exact) mass is 313 g/mol. The summed E-state index contributed by atoms with van der Waals surface area (Å²) in [6.45, 7) is 4.86. The van der Waals surface area contributed by atoms with Crippen LogP contribution in [0.4, 0.5) is 0 Å². The van der Waals surface area contributed by atoms with E-state index in [1.54, 1.807) is 12.1 Å². The molecule has 0 aliphatic rings. The minimum atomic E-state index is -0.572. The van der Waals surface area contributed by atoms with E-state index in [0.717, 1.165) is 36.9 Å². The molecule has 2 aromatic rings. The molecule has 0 aliphatic carbocycles. The summed E-state index contributed by atoms with van der Waals surface area (Å²) in [6, 6.07) is 15.8. The number of benzene rings is 2. The van der Waals surface area contributed by atoms with E-state index in [1.165, 1.54) is 5.56 Å². The molecule has 2 unspecified atom stereocenters. The van der Waals surface area contributed by atoms with E-state index in [4.69, 9.17) is 0 Å². The van der Waals surface area contributed by atoms with Gasteiger partial charge in [-0.05, 0) is 61.6 Å². The SMILES string of the molecule is CCc1cc(C(O)C(C)NCCCc2ccccc2)ccc1O. The molecule has 0 aromatic heterocycles. The van der Waals surface area contributed by atoms with Crippen LogP contribution < -0.4 is 5.32 Å². The van der Waals surface area contributed by atoms with Gasteiger partial charge in [0, 0.05) is 6.04 Å². The summed E-state index contributed by atoms with van der Waals surface area (Å²) >= 11 is 0. The van der Waals surface area contributed by atoms with Crippen LogP contribution in [0.25, 0.3) is 0 Å². The molecular weight excluding hydrogens is 286 g/mol. The number of aromatic hydroxyl groups is 1. The average molecular weight is 313 g/mol. The van der Waals surface area contributed by atoms with Gasteiger partial charge in [0.15, 0.2) is 0 Å². The predicted octanol–water partition coefficient (Wildman–Crippen LogP) is 3.60. The van der Waals surface area contributed by atoms with Crippen molar-refractivity contribution in [1.82, 2.24) is 5.32 Å². The molecule has 0 saturated carbocycles. The fourth-order valence-corrected chi connectivity index (χ4v) is 2.74. The first kappa shape index (κ1) is 17.5. The van der Waals surface area contributed by atoms with E-state index in [9.17, 15) is 10.2 Å². The highest BCUT2D eigenvalue weighted by molar-refractivity contribution is 5.37. The Balaban J connectivity index is 1.81. The second kappa shape index (κ2) is 8.70. The summed E-state index contributed by atoms with van der Waals surface area (Å²) in [7, 11) is 0. The van der Waals surface area contributed by atoms with Crippen LogP contribution in [0.1, 0.15) is 43.1 Å². The van der Waals surface area contributed by atoms with E-state index in [1.807, 2.05) is 26.0 Å². The summed E-state index contributed by atoms with van der Waals surface area (Å²) in [6.07, 6.45) is 2.26. The van der Waals surface area contributed by atoms with E-state index < -0.39 is 6.10 Å². The Kier molecular flexibility index (Phi) is 6.63. The zero-order valence-electron chi connectivity index (χ0n) is 14.0. The molecule has 0 spiro atoms. The first-order valence-corrected chi connectivity index (χ1v) is 8.39. The fourth-order valence-electron chi connectivity index (χ4n) is 2.74. The van der Waals surface area contributed by atoms with Crippen LogP contribution in [0.2, 0.25) is 0 Å². The minimum Gasteiger partial charge on any atom is -0.508 e. The molecule has 0 amide bonds. The van der Waals surface area contributed by atoms with Crippen LogP contribution >= 0.6 is 0 Å². The summed E-state index contributed by atoms with van der Waals surface area (Å²) in [5, 5.41) is 23.6. The van der Waals surface area contributed by atoms with Crippen molar-refractivity contribution < 1.29 is 10.2 Å². The smallest absolute Gasteiger partial charge is 0.118 e. The van der Waals surface area contributed by atoms with Crippen molar-refractivity contribution in [1.29, 1.82) is 0 Å². The van der Waals surface area contributed by atoms with Gasteiger partial charge in [-0.15, -0.1) is 0 Å². The van der Waals surface area contributed by atoms with Gasteiger partial charge in [-0.25, -0.2) is 0 Å². The maximum atomic E-state index is 10.5. The van der Waals surface area contributed by atoms with Crippen LogP contribution in [0.5, 0.6) is 5.75 Å². The molecular formula is C20H27NO2. The van der Waals surface area contributed by atoms with Crippen molar-refractivity contribution >= 4 is 0 Å². The molecule has 0 radical (unpaired) electrons. The first-order chi connectivity index (χ1) is 11.1. The van der Waals surface area contributed by atoms with Gasteiger partial charge in [-0.2, -0.15) is 0 Å². The predicted molar refractivity (Wildman–Crippen MR) is 94.7 cm³/mol. The topological polar surface area (TPSA) is 52.5 Å². The standard InChI is InChI=1S/C20H27NO2/c1-3-17-14-18(11-12-19(17)22)20(23)15(2)21-13-7-10-16-8-5-4-6-9-16/h4-6,8-9,11-12,14-15,20-23H,3,7,10,13H2,1-2H3. The normalized spacial score (nSPS) is 13.7. The van der Waals surface area contributed by atoms with Crippen molar-refractivity contribution in [2.24, 2.45) is 0 Å². The van der Waals surface area contributed by atoms with E-state index in [2.05, 4.69) is 29.6 Å². The quantitative estimate of drug-likeness (QED) is 0.653. The molecule has 0 heterocycles. The number of nitrogens with one attached hydrogen (secondary N) is 1. The minimum absolute atomic E-state index is 0.0278. The van der Waals surface area contributed by atoms with Crippen molar-refractivity contribution in [3.05, 3.63) is 65.2 Å². The Bertz CT molecular complexity index is 598. The summed E-state index contributed by atoms with van der Waals surface area (Å²) in [5.74, 6) is 0.298. The lowest BCUT2D eigenvalue weighted by Gasteiger charge is -2.21. The van der Waals surface area contributed by atoms with Gasteiger partial charge in [-0.3, -0.25) is 0 Å². The Morgan fingerprint density at radius 1 is 1.09 bits per heavy atom. The maximum Gasteiger partial charge on any atom is 0.118 e. The highest BCUT2D eigenvalue weighted by atomic mass is 16.3.